The van der Waals surface area contributed by atoms with Gasteiger partial charge in [0.05, 0.1) is 9.79 Å². The number of hydrogen-bond acceptors (Lipinski definition) is 6. The first-order valence-electron chi connectivity index (χ1n) is 10.7. The van der Waals surface area contributed by atoms with Crippen LogP contribution in [0, 0.1) is 11.8 Å². The molecular weight excluding hydrogens is 460 g/mol. The minimum Gasteiger partial charge on any atom is -0.462 e. The van der Waals surface area contributed by atoms with Crippen molar-refractivity contribution in [2.45, 2.75) is 40.1 Å². The normalized spacial score (nSPS) is 20.5. The fourth-order valence-corrected chi connectivity index (χ4v) is 9.78. The molecule has 176 valence electrons. The van der Waals surface area contributed by atoms with Crippen molar-refractivity contribution in [3.63, 3.8) is 0 Å². The van der Waals surface area contributed by atoms with Gasteiger partial charge in [-0.25, -0.2) is 16.8 Å². The van der Waals surface area contributed by atoms with Gasteiger partial charge in [-0.3, -0.25) is 4.79 Å². The molecule has 1 aliphatic rings. The Morgan fingerprint density at radius 1 is 0.970 bits per heavy atom. The molecule has 6 nitrogen and oxygen atoms in total. The van der Waals surface area contributed by atoms with E-state index in [-0.39, 0.29) is 41.1 Å². The second kappa shape index (κ2) is 10.1. The number of benzene rings is 2. The van der Waals surface area contributed by atoms with Crippen molar-refractivity contribution >= 4 is 25.6 Å². The number of rotatable bonds is 9. The monoisotopic (exact) mass is 488 g/mol. The third-order valence-electron chi connectivity index (χ3n) is 6.05. The third kappa shape index (κ3) is 4.82. The van der Waals surface area contributed by atoms with Crippen LogP contribution in [0.2, 0.25) is 0 Å². The molecular formula is C25H28O6S2. The van der Waals surface area contributed by atoms with Crippen LogP contribution in [0.25, 0.3) is 0 Å². The van der Waals surface area contributed by atoms with E-state index in [4.69, 9.17) is 4.74 Å². The van der Waals surface area contributed by atoms with Crippen molar-refractivity contribution in [2.75, 3.05) is 6.61 Å². The summed E-state index contributed by atoms with van der Waals surface area (Å²) >= 11 is 0. The van der Waals surface area contributed by atoms with Gasteiger partial charge in [-0.2, -0.15) is 0 Å². The summed E-state index contributed by atoms with van der Waals surface area (Å²) in [5.41, 5.74) is 0. The minimum absolute atomic E-state index is 0.0219. The highest BCUT2D eigenvalue weighted by atomic mass is 32.3. The number of carbonyl (C=O) groups excluding carboxylic acids is 1. The number of hydrogen-bond donors (Lipinski definition) is 0. The molecule has 8 heteroatoms. The van der Waals surface area contributed by atoms with Crippen LogP contribution in [-0.4, -0.2) is 33.5 Å². The van der Waals surface area contributed by atoms with Crippen molar-refractivity contribution in [2.24, 2.45) is 11.8 Å². The van der Waals surface area contributed by atoms with Gasteiger partial charge in [0.2, 0.25) is 0 Å². The van der Waals surface area contributed by atoms with Crippen LogP contribution in [-0.2, 0) is 29.2 Å². The van der Waals surface area contributed by atoms with Crippen LogP contribution in [0.4, 0.5) is 0 Å². The topological polar surface area (TPSA) is 94.6 Å². The fraction of sp³-hybridized carbons (Fsp3) is 0.320. The lowest BCUT2D eigenvalue weighted by molar-refractivity contribution is -0.139. The van der Waals surface area contributed by atoms with Gasteiger partial charge >= 0.3 is 5.97 Å². The quantitative estimate of drug-likeness (QED) is 0.385. The molecule has 0 aliphatic heterocycles. The van der Waals surface area contributed by atoms with Gasteiger partial charge in [-0.05, 0) is 55.4 Å². The SMILES string of the molecule is C=CC[C@@H]1CC(S(=O)(=O)c2ccccc2)(S(=O)(=O)c2ccccc2)C[C@H]1/C=C/COC(C)=O. The van der Waals surface area contributed by atoms with Crippen LogP contribution < -0.4 is 0 Å². The van der Waals surface area contributed by atoms with E-state index in [0.29, 0.717) is 6.42 Å². The molecule has 2 aromatic rings. The van der Waals surface area contributed by atoms with Crippen LogP contribution in [0.5, 0.6) is 0 Å². The maximum absolute atomic E-state index is 14.0. The number of sulfone groups is 2. The molecule has 0 spiro atoms. The number of ether oxygens (including phenoxy) is 1. The van der Waals surface area contributed by atoms with Crippen molar-refractivity contribution in [3.8, 4) is 0 Å². The van der Waals surface area contributed by atoms with E-state index in [9.17, 15) is 21.6 Å². The summed E-state index contributed by atoms with van der Waals surface area (Å²) in [5, 5.41) is 0. The average Bonchev–Trinajstić information content (AvgIpc) is 3.19. The second-order valence-electron chi connectivity index (χ2n) is 8.13. The Hall–Kier alpha value is -2.71. The van der Waals surface area contributed by atoms with E-state index >= 15 is 0 Å². The minimum atomic E-state index is -4.28. The molecule has 0 unspecified atom stereocenters. The first-order valence-corrected chi connectivity index (χ1v) is 13.6. The van der Waals surface area contributed by atoms with Crippen LogP contribution in [0.1, 0.15) is 26.2 Å². The first-order chi connectivity index (χ1) is 15.7. The molecule has 3 rings (SSSR count). The Labute approximate surface area is 195 Å². The summed E-state index contributed by atoms with van der Waals surface area (Å²) in [7, 11) is -8.55. The fourth-order valence-electron chi connectivity index (χ4n) is 4.47. The van der Waals surface area contributed by atoms with Crippen molar-refractivity contribution in [1.29, 1.82) is 0 Å². The maximum atomic E-state index is 14.0. The van der Waals surface area contributed by atoms with Crippen LogP contribution in [0.15, 0.2) is 95.3 Å². The van der Waals surface area contributed by atoms with Crippen LogP contribution >= 0.6 is 0 Å². The Morgan fingerprint density at radius 2 is 1.48 bits per heavy atom. The Bertz CT molecular complexity index is 1150. The molecule has 0 amide bonds. The zero-order valence-corrected chi connectivity index (χ0v) is 20.1. The molecule has 1 fully saturated rings. The summed E-state index contributed by atoms with van der Waals surface area (Å²) < 4.78 is 58.9. The van der Waals surface area contributed by atoms with Gasteiger partial charge in [0.25, 0.3) is 0 Å². The van der Waals surface area contributed by atoms with E-state index < -0.39 is 29.7 Å². The van der Waals surface area contributed by atoms with E-state index in [2.05, 4.69) is 6.58 Å². The van der Waals surface area contributed by atoms with Gasteiger partial charge in [0, 0.05) is 6.92 Å². The second-order valence-corrected chi connectivity index (χ2v) is 12.9. The van der Waals surface area contributed by atoms with Gasteiger partial charge in [-0.1, -0.05) is 54.6 Å². The zero-order chi connectivity index (χ0) is 24.1. The van der Waals surface area contributed by atoms with Crippen molar-refractivity contribution in [3.05, 3.63) is 85.5 Å². The zero-order valence-electron chi connectivity index (χ0n) is 18.5. The predicted molar refractivity (Wildman–Crippen MR) is 127 cm³/mol. The smallest absolute Gasteiger partial charge is 0.302 e. The van der Waals surface area contributed by atoms with Crippen molar-refractivity contribution < 1.29 is 26.4 Å². The van der Waals surface area contributed by atoms with Gasteiger partial charge < -0.3 is 4.74 Å². The molecule has 0 bridgehead atoms. The highest BCUT2D eigenvalue weighted by Gasteiger charge is 2.61. The molecule has 2 aromatic carbocycles. The number of allylic oxidation sites excluding steroid dienone is 2. The van der Waals surface area contributed by atoms with Gasteiger partial charge in [0.15, 0.2) is 23.8 Å². The molecule has 0 saturated heterocycles. The Balaban J connectivity index is 2.15. The van der Waals surface area contributed by atoms with Crippen LogP contribution in [0.3, 0.4) is 0 Å². The Morgan fingerprint density at radius 3 is 1.94 bits per heavy atom. The highest BCUT2D eigenvalue weighted by Crippen LogP contribution is 2.53. The summed E-state index contributed by atoms with van der Waals surface area (Å²) in [5.74, 6) is -1.04. The summed E-state index contributed by atoms with van der Waals surface area (Å²) in [6.45, 7) is 5.11. The van der Waals surface area contributed by atoms with E-state index in [1.165, 1.54) is 31.2 Å². The van der Waals surface area contributed by atoms with E-state index in [1.807, 2.05) is 0 Å². The van der Waals surface area contributed by atoms with Gasteiger partial charge in [0.1, 0.15) is 6.61 Å². The number of carbonyl (C=O) groups is 1. The summed E-state index contributed by atoms with van der Waals surface area (Å²) in [6, 6.07) is 15.5. The predicted octanol–water partition coefficient (Wildman–Crippen LogP) is 4.35. The van der Waals surface area contributed by atoms with Crippen molar-refractivity contribution in [1.82, 2.24) is 0 Å². The van der Waals surface area contributed by atoms with E-state index in [1.54, 1.807) is 54.6 Å². The molecule has 0 aromatic heterocycles. The molecule has 1 saturated carbocycles. The number of esters is 1. The lowest BCUT2D eigenvalue weighted by atomic mass is 9.93. The molecule has 0 N–H and O–H groups in total. The summed E-state index contributed by atoms with van der Waals surface area (Å²) in [6.07, 6.45) is 5.38. The molecule has 33 heavy (non-hydrogen) atoms. The van der Waals surface area contributed by atoms with Gasteiger partial charge in [-0.15, -0.1) is 6.58 Å². The Kier molecular flexibility index (Phi) is 7.59. The molecule has 0 radical (unpaired) electrons. The maximum Gasteiger partial charge on any atom is 0.302 e. The lowest BCUT2D eigenvalue weighted by Crippen LogP contribution is -2.44. The average molecular weight is 489 g/mol. The molecule has 0 heterocycles. The first kappa shape index (κ1) is 24.9. The standard InChI is InChI=1S/C25H28O6S2/c1-3-11-21-18-25(19-22(21)12-10-17-31-20(2)26,32(27,28)23-13-6-4-7-14-23)33(29,30)24-15-8-5-9-16-24/h3-10,12-16,21-22H,1,11,17-19H2,2H3/b12-10+/t21-,22-/m1/s1. The van der Waals surface area contributed by atoms with E-state index in [0.717, 1.165) is 0 Å². The summed E-state index contributed by atoms with van der Waals surface area (Å²) in [4.78, 5) is 11.0. The third-order valence-corrected chi connectivity index (χ3v) is 11.8. The molecule has 1 aliphatic carbocycles. The molecule has 2 atom stereocenters. The largest absolute Gasteiger partial charge is 0.462 e. The lowest BCUT2D eigenvalue weighted by Gasteiger charge is -2.29. The highest BCUT2D eigenvalue weighted by molar-refractivity contribution is 8.10.